The van der Waals surface area contributed by atoms with E-state index in [-0.39, 0.29) is 12.4 Å². The highest BCUT2D eigenvalue weighted by molar-refractivity contribution is 6.29. The summed E-state index contributed by atoms with van der Waals surface area (Å²) in [6, 6.07) is 8.50. The molecular formula is C20H24ClN5O. The number of pyridine rings is 1. The molecule has 5 rings (SSSR count). The van der Waals surface area contributed by atoms with E-state index in [4.69, 9.17) is 16.3 Å². The van der Waals surface area contributed by atoms with Crippen molar-refractivity contribution in [3.63, 3.8) is 0 Å². The van der Waals surface area contributed by atoms with Crippen LogP contribution in [0.2, 0.25) is 5.15 Å². The number of halogens is 1. The Balaban J connectivity index is 1.43. The maximum absolute atomic E-state index is 6.14. The van der Waals surface area contributed by atoms with E-state index in [2.05, 4.69) is 50.8 Å². The lowest BCUT2D eigenvalue weighted by Crippen LogP contribution is -2.44. The van der Waals surface area contributed by atoms with Crippen LogP contribution in [0.4, 0.5) is 17.1 Å². The number of fused-ring (bicyclic) bond motifs is 2. The molecule has 1 saturated heterocycles. The zero-order valence-electron chi connectivity index (χ0n) is 15.4. The third kappa shape index (κ3) is 3.02. The second-order valence-corrected chi connectivity index (χ2v) is 7.80. The second-order valence-electron chi connectivity index (χ2n) is 7.41. The molecule has 27 heavy (non-hydrogen) atoms. The number of nitrogens with zero attached hydrogens (tertiary/aromatic N) is 3. The molecule has 0 aliphatic carbocycles. The predicted molar refractivity (Wildman–Crippen MR) is 108 cm³/mol. The number of aromatic nitrogens is 1. The number of anilines is 3. The number of hydrogen-bond donors (Lipinski definition) is 2. The molecule has 0 bridgehead atoms. The largest absolute Gasteiger partial charge is 0.362 e. The lowest BCUT2D eigenvalue weighted by Gasteiger charge is -2.32. The fraction of sp³-hybridized carbons (Fsp3) is 0.450. The highest BCUT2D eigenvalue weighted by Crippen LogP contribution is 2.38. The third-order valence-corrected chi connectivity index (χ3v) is 5.92. The Morgan fingerprint density at radius 2 is 2.22 bits per heavy atom. The van der Waals surface area contributed by atoms with Crippen molar-refractivity contribution in [1.82, 2.24) is 10.4 Å². The fourth-order valence-corrected chi connectivity index (χ4v) is 4.47. The van der Waals surface area contributed by atoms with Gasteiger partial charge in [-0.15, -0.1) is 0 Å². The molecule has 6 nitrogen and oxygen atoms in total. The molecule has 0 radical (unpaired) electrons. The number of ether oxygens (including phenoxy) is 1. The Morgan fingerprint density at radius 1 is 1.30 bits per heavy atom. The maximum Gasteiger partial charge on any atom is 0.144 e. The van der Waals surface area contributed by atoms with Gasteiger partial charge in [-0.1, -0.05) is 23.7 Å². The smallest absolute Gasteiger partial charge is 0.144 e. The summed E-state index contributed by atoms with van der Waals surface area (Å²) in [5.41, 5.74) is 9.61. The number of rotatable bonds is 3. The van der Waals surface area contributed by atoms with Gasteiger partial charge in [-0.25, -0.2) is 10.4 Å². The summed E-state index contributed by atoms with van der Waals surface area (Å²) in [7, 11) is 0. The van der Waals surface area contributed by atoms with Crippen molar-refractivity contribution in [2.45, 2.75) is 51.7 Å². The van der Waals surface area contributed by atoms with E-state index < -0.39 is 0 Å². The van der Waals surface area contributed by atoms with Gasteiger partial charge in [-0.05, 0) is 43.4 Å². The van der Waals surface area contributed by atoms with Gasteiger partial charge in [0.2, 0.25) is 0 Å². The lowest BCUT2D eigenvalue weighted by atomic mass is 10.0. The average molecular weight is 386 g/mol. The Kier molecular flexibility index (Phi) is 4.34. The van der Waals surface area contributed by atoms with Crippen molar-refractivity contribution in [3.05, 3.63) is 46.7 Å². The monoisotopic (exact) mass is 385 g/mol. The first-order chi connectivity index (χ1) is 13.2. The van der Waals surface area contributed by atoms with Crippen molar-refractivity contribution in [2.24, 2.45) is 0 Å². The van der Waals surface area contributed by atoms with Crippen LogP contribution in [0.1, 0.15) is 37.3 Å². The minimum Gasteiger partial charge on any atom is -0.362 e. The van der Waals surface area contributed by atoms with E-state index >= 15 is 0 Å². The normalized spacial score (nSPS) is 23.9. The van der Waals surface area contributed by atoms with Gasteiger partial charge in [0.05, 0.1) is 29.4 Å². The van der Waals surface area contributed by atoms with Crippen LogP contribution in [0.15, 0.2) is 30.5 Å². The summed E-state index contributed by atoms with van der Waals surface area (Å²) in [4.78, 5) is 6.54. The minimum absolute atomic E-state index is 0.133. The molecular weight excluding hydrogens is 362 g/mol. The maximum atomic E-state index is 6.14. The minimum atomic E-state index is 0.133. The first kappa shape index (κ1) is 17.1. The van der Waals surface area contributed by atoms with E-state index in [0.29, 0.717) is 5.15 Å². The Hall–Kier alpha value is -2.02. The molecule has 2 N–H and O–H groups in total. The molecule has 7 heteroatoms. The number of hydrogen-bond acceptors (Lipinski definition) is 6. The van der Waals surface area contributed by atoms with E-state index in [1.54, 1.807) is 0 Å². The summed E-state index contributed by atoms with van der Waals surface area (Å²) in [6.07, 6.45) is 5.60. The molecule has 1 aromatic heterocycles. The number of benzene rings is 1. The van der Waals surface area contributed by atoms with Crippen molar-refractivity contribution in [3.8, 4) is 0 Å². The Bertz CT molecular complexity index is 854. The van der Waals surface area contributed by atoms with Crippen LogP contribution in [0.25, 0.3) is 0 Å². The highest BCUT2D eigenvalue weighted by Gasteiger charge is 2.31. The van der Waals surface area contributed by atoms with Crippen molar-refractivity contribution in [2.75, 3.05) is 21.8 Å². The van der Waals surface area contributed by atoms with Gasteiger partial charge in [0, 0.05) is 25.8 Å². The van der Waals surface area contributed by atoms with Crippen LogP contribution in [0, 0.1) is 0 Å². The lowest BCUT2D eigenvalue weighted by molar-refractivity contribution is 0.00928. The summed E-state index contributed by atoms with van der Waals surface area (Å²) in [6.45, 7) is 4.68. The summed E-state index contributed by atoms with van der Waals surface area (Å²) in [5.74, 6) is 0. The Labute approximate surface area is 164 Å². The van der Waals surface area contributed by atoms with Crippen LogP contribution < -0.4 is 20.7 Å². The molecule has 1 fully saturated rings. The molecule has 2 unspecified atom stereocenters. The van der Waals surface area contributed by atoms with Gasteiger partial charge >= 0.3 is 0 Å². The van der Waals surface area contributed by atoms with Crippen LogP contribution in [-0.2, 0) is 17.8 Å². The molecule has 2 atom stereocenters. The van der Waals surface area contributed by atoms with Crippen LogP contribution >= 0.6 is 11.6 Å². The molecule has 4 heterocycles. The fourth-order valence-electron chi connectivity index (χ4n) is 4.32. The summed E-state index contributed by atoms with van der Waals surface area (Å²) >= 11 is 6.14. The van der Waals surface area contributed by atoms with Gasteiger partial charge < -0.3 is 15.0 Å². The molecule has 1 aromatic carbocycles. The molecule has 2 aromatic rings. The quantitative estimate of drug-likeness (QED) is 0.782. The molecule has 0 spiro atoms. The highest BCUT2D eigenvalue weighted by atomic mass is 35.5. The van der Waals surface area contributed by atoms with E-state index in [9.17, 15) is 0 Å². The summed E-state index contributed by atoms with van der Waals surface area (Å²) in [5, 5.41) is 6.23. The average Bonchev–Trinajstić information content (AvgIpc) is 3.25. The van der Waals surface area contributed by atoms with Crippen molar-refractivity contribution in [1.29, 1.82) is 0 Å². The topological polar surface area (TPSA) is 52.7 Å². The Morgan fingerprint density at radius 3 is 3.07 bits per heavy atom. The van der Waals surface area contributed by atoms with Crippen molar-refractivity contribution < 1.29 is 4.74 Å². The van der Waals surface area contributed by atoms with Crippen LogP contribution in [-0.4, -0.2) is 24.0 Å². The zero-order valence-corrected chi connectivity index (χ0v) is 16.2. The zero-order chi connectivity index (χ0) is 18.4. The second kappa shape index (κ2) is 6.86. The first-order valence-corrected chi connectivity index (χ1v) is 10.0. The summed E-state index contributed by atoms with van der Waals surface area (Å²) < 4.78 is 5.99. The molecule has 3 aliphatic heterocycles. The molecule has 0 saturated carbocycles. The van der Waals surface area contributed by atoms with Gasteiger partial charge in [0.15, 0.2) is 0 Å². The van der Waals surface area contributed by atoms with Crippen LogP contribution in [0.3, 0.4) is 0 Å². The van der Waals surface area contributed by atoms with Crippen LogP contribution in [0.5, 0.6) is 0 Å². The van der Waals surface area contributed by atoms with Crippen molar-refractivity contribution >= 4 is 28.7 Å². The predicted octanol–water partition coefficient (Wildman–Crippen LogP) is 3.86. The molecule has 0 amide bonds. The van der Waals surface area contributed by atoms with E-state index in [1.807, 2.05) is 12.3 Å². The molecule has 3 aliphatic rings. The van der Waals surface area contributed by atoms with E-state index in [1.165, 1.54) is 23.2 Å². The standard InChI is InChI=1S/C20H24ClN5O/c1-13-24-16-11-22-19(21)9-18(16)25(13)12-14-5-4-6-17-15(14)10-23-26(17)20-7-2-3-8-27-20/h4-6,9,11,13,20,23-24H,2-3,7-8,10,12H2,1H3. The van der Waals surface area contributed by atoms with Gasteiger partial charge in [-0.3, -0.25) is 5.01 Å². The van der Waals surface area contributed by atoms with Gasteiger partial charge in [0.1, 0.15) is 11.4 Å². The van der Waals surface area contributed by atoms with E-state index in [0.717, 1.165) is 43.9 Å². The first-order valence-electron chi connectivity index (χ1n) is 9.64. The SMILES string of the molecule is CC1Nc2cnc(Cl)cc2N1Cc1cccc2c1CNN2C1CCCCO1. The van der Waals surface area contributed by atoms with Gasteiger partial charge in [0.25, 0.3) is 0 Å². The molecule has 142 valence electrons. The van der Waals surface area contributed by atoms with Gasteiger partial charge in [-0.2, -0.15) is 0 Å². The number of nitrogens with one attached hydrogen (secondary N) is 2. The third-order valence-electron chi connectivity index (χ3n) is 5.71. The number of hydrazine groups is 1.